The Morgan fingerprint density at radius 3 is 2.62 bits per heavy atom. The van der Waals surface area contributed by atoms with E-state index < -0.39 is 12.1 Å². The van der Waals surface area contributed by atoms with E-state index in [0.29, 0.717) is 37.4 Å². The molecule has 1 saturated carbocycles. The van der Waals surface area contributed by atoms with Gasteiger partial charge >= 0.3 is 11.9 Å². The molecule has 0 aromatic carbocycles. The molecule has 0 unspecified atom stereocenters. The minimum Gasteiger partial charge on any atom is -0.512 e. The largest absolute Gasteiger partial charge is 0.512 e. The fraction of sp³-hybridized carbons (Fsp3) is 0.769. The van der Waals surface area contributed by atoms with Crippen LogP contribution < -0.4 is 0 Å². The van der Waals surface area contributed by atoms with Gasteiger partial charge in [-0.2, -0.15) is 0 Å². The Balaban J connectivity index is 2.18. The zero-order valence-corrected chi connectivity index (χ0v) is 20.1. The summed E-state index contributed by atoms with van der Waals surface area (Å²) >= 11 is 0. The molecule has 2 aliphatic carbocycles. The third-order valence-electron chi connectivity index (χ3n) is 7.53. The lowest BCUT2D eigenvalue weighted by Gasteiger charge is -2.48. The minimum atomic E-state index is -0.847. The molecule has 2 aliphatic rings. The number of carbonyl (C=O) groups is 2. The van der Waals surface area contributed by atoms with Crippen LogP contribution in [0.4, 0.5) is 0 Å². The highest BCUT2D eigenvalue weighted by atomic mass is 16.5. The third kappa shape index (κ3) is 7.09. The van der Waals surface area contributed by atoms with E-state index in [9.17, 15) is 19.8 Å². The van der Waals surface area contributed by atoms with Gasteiger partial charge in [-0.25, -0.2) is 0 Å². The molecule has 6 nitrogen and oxygen atoms in total. The average Bonchev–Trinajstić information content (AvgIpc) is 2.73. The van der Waals surface area contributed by atoms with Gasteiger partial charge in [-0.1, -0.05) is 32.9 Å². The molecule has 0 heterocycles. The van der Waals surface area contributed by atoms with E-state index in [1.54, 1.807) is 0 Å². The maximum atomic E-state index is 12.7. The first-order chi connectivity index (χ1) is 15.2. The highest BCUT2D eigenvalue weighted by molar-refractivity contribution is 5.72. The van der Waals surface area contributed by atoms with E-state index in [2.05, 4.69) is 6.08 Å². The van der Waals surface area contributed by atoms with Crippen LogP contribution in [0.3, 0.4) is 0 Å². The lowest BCUT2D eigenvalue weighted by atomic mass is 9.60. The quantitative estimate of drug-likeness (QED) is 0.293. The molecule has 3 N–H and O–H groups in total. The number of fused-ring (bicyclic) bond motifs is 1. The highest BCUT2D eigenvalue weighted by Gasteiger charge is 2.47. The van der Waals surface area contributed by atoms with Crippen molar-refractivity contribution in [3.63, 3.8) is 0 Å². The van der Waals surface area contributed by atoms with Gasteiger partial charge in [-0.05, 0) is 75.7 Å². The summed E-state index contributed by atoms with van der Waals surface area (Å²) < 4.78 is 6.09. The van der Waals surface area contributed by atoms with Crippen LogP contribution in [0.5, 0.6) is 0 Å². The Hall–Kier alpha value is -1.82. The number of aliphatic hydroxyl groups is 2. The summed E-state index contributed by atoms with van der Waals surface area (Å²) in [7, 11) is 0. The van der Waals surface area contributed by atoms with Gasteiger partial charge in [0.1, 0.15) is 6.10 Å². The number of ether oxygens (including phenoxy) is 1. The van der Waals surface area contributed by atoms with Crippen molar-refractivity contribution in [3.05, 3.63) is 24.0 Å². The molecule has 0 aromatic heterocycles. The van der Waals surface area contributed by atoms with Crippen molar-refractivity contribution in [2.24, 2.45) is 35.5 Å². The van der Waals surface area contributed by atoms with Crippen LogP contribution in [0.25, 0.3) is 0 Å². The SMILES string of the molecule is C/C=C/[C@H]1C[C@H]2C=C(O)[C@@H](C)[C@@H](CC[C@H](O)CCCC(=O)O)[C@H]2[C@@H](OC(=O)[C@@H](C)CC)C1. The fourth-order valence-corrected chi connectivity index (χ4v) is 5.48. The van der Waals surface area contributed by atoms with E-state index >= 15 is 0 Å². The smallest absolute Gasteiger partial charge is 0.308 e. The monoisotopic (exact) mass is 450 g/mol. The number of carboxylic acids is 1. The maximum Gasteiger partial charge on any atom is 0.308 e. The number of hydrogen-bond acceptors (Lipinski definition) is 5. The molecule has 0 aliphatic heterocycles. The molecule has 2 rings (SSSR count). The number of aliphatic carboxylic acids is 1. The van der Waals surface area contributed by atoms with Crippen LogP contribution in [-0.2, 0) is 14.3 Å². The summed E-state index contributed by atoms with van der Waals surface area (Å²) in [5, 5.41) is 29.9. The Kier molecular flexibility index (Phi) is 10.3. The first kappa shape index (κ1) is 26.4. The highest BCUT2D eigenvalue weighted by Crippen LogP contribution is 2.49. The Morgan fingerprint density at radius 2 is 2.00 bits per heavy atom. The van der Waals surface area contributed by atoms with Gasteiger partial charge in [-0.15, -0.1) is 0 Å². The van der Waals surface area contributed by atoms with Crippen LogP contribution in [0.2, 0.25) is 0 Å². The molecule has 0 bridgehead atoms. The van der Waals surface area contributed by atoms with Gasteiger partial charge in [0.25, 0.3) is 0 Å². The fourth-order valence-electron chi connectivity index (χ4n) is 5.48. The first-order valence-corrected chi connectivity index (χ1v) is 12.3. The van der Waals surface area contributed by atoms with E-state index in [1.807, 2.05) is 39.8 Å². The van der Waals surface area contributed by atoms with Crippen molar-refractivity contribution in [3.8, 4) is 0 Å². The molecule has 8 atom stereocenters. The van der Waals surface area contributed by atoms with E-state index in [-0.39, 0.29) is 48.1 Å². The van der Waals surface area contributed by atoms with Gasteiger partial charge in [0.2, 0.25) is 0 Å². The topological polar surface area (TPSA) is 104 Å². The number of carboxylic acid groups (broad SMARTS) is 1. The minimum absolute atomic E-state index is 0.0606. The Morgan fingerprint density at radius 1 is 1.28 bits per heavy atom. The van der Waals surface area contributed by atoms with Gasteiger partial charge < -0.3 is 20.1 Å². The van der Waals surface area contributed by atoms with Crippen molar-refractivity contribution in [1.82, 2.24) is 0 Å². The molecule has 0 aromatic rings. The second-order valence-corrected chi connectivity index (χ2v) is 9.84. The number of rotatable bonds is 11. The average molecular weight is 451 g/mol. The lowest BCUT2D eigenvalue weighted by molar-refractivity contribution is -0.164. The number of aliphatic hydroxyl groups excluding tert-OH is 2. The van der Waals surface area contributed by atoms with E-state index in [1.165, 1.54) is 0 Å². The molecule has 182 valence electrons. The Bertz CT molecular complexity index is 684. The normalized spacial score (nSPS) is 32.1. The summed E-state index contributed by atoms with van der Waals surface area (Å²) in [4.78, 5) is 23.4. The predicted octanol–water partition coefficient (Wildman–Crippen LogP) is 5.27. The van der Waals surface area contributed by atoms with Gasteiger partial charge in [0.15, 0.2) is 0 Å². The zero-order chi connectivity index (χ0) is 23.8. The van der Waals surface area contributed by atoms with E-state index in [4.69, 9.17) is 9.84 Å². The van der Waals surface area contributed by atoms with Crippen LogP contribution in [0.15, 0.2) is 24.0 Å². The Labute approximate surface area is 192 Å². The van der Waals surface area contributed by atoms with Crippen LogP contribution in [-0.4, -0.2) is 39.5 Å². The number of carbonyl (C=O) groups excluding carboxylic acids is 1. The van der Waals surface area contributed by atoms with Gasteiger partial charge in [0, 0.05) is 18.3 Å². The first-order valence-electron chi connectivity index (χ1n) is 12.3. The molecule has 1 fully saturated rings. The predicted molar refractivity (Wildman–Crippen MR) is 124 cm³/mol. The lowest BCUT2D eigenvalue weighted by Crippen LogP contribution is -2.47. The zero-order valence-electron chi connectivity index (χ0n) is 20.1. The second-order valence-electron chi connectivity index (χ2n) is 9.84. The van der Waals surface area contributed by atoms with Crippen molar-refractivity contribution in [2.45, 2.75) is 91.3 Å². The van der Waals surface area contributed by atoms with Gasteiger partial charge in [0.05, 0.1) is 17.8 Å². The second kappa shape index (κ2) is 12.4. The molecule has 6 heteroatoms. The number of allylic oxidation sites excluding steroid dienone is 4. The summed E-state index contributed by atoms with van der Waals surface area (Å²) in [5.41, 5.74) is 0. The standard InChI is InChI=1S/C26H42O6/c1-5-8-18-13-19-15-22(28)17(4)21(12-11-20(27)9-7-10-24(29)30)25(19)23(14-18)32-26(31)16(3)6-2/h5,8,15-21,23,25,27-28H,6-7,9-14H2,1-4H3,(H,29,30)/b8-5+/t16-,17-,18-,19-,20+,21+,23-,25-/m0/s1. The molecule has 0 spiro atoms. The van der Waals surface area contributed by atoms with Crippen LogP contribution in [0, 0.1) is 35.5 Å². The maximum absolute atomic E-state index is 12.7. The molecule has 0 amide bonds. The molecule has 32 heavy (non-hydrogen) atoms. The van der Waals surface area contributed by atoms with Crippen LogP contribution in [0.1, 0.15) is 79.1 Å². The van der Waals surface area contributed by atoms with Crippen molar-refractivity contribution in [1.29, 1.82) is 0 Å². The summed E-state index contributed by atoms with van der Waals surface area (Å²) in [6.45, 7) is 7.88. The van der Waals surface area contributed by atoms with Crippen molar-refractivity contribution in [2.75, 3.05) is 0 Å². The van der Waals surface area contributed by atoms with E-state index in [0.717, 1.165) is 19.3 Å². The molecular formula is C26H42O6. The summed E-state index contributed by atoms with van der Waals surface area (Å²) in [6, 6.07) is 0. The molecular weight excluding hydrogens is 408 g/mol. The van der Waals surface area contributed by atoms with Gasteiger partial charge in [-0.3, -0.25) is 9.59 Å². The summed E-state index contributed by atoms with van der Waals surface area (Å²) in [6.07, 6.45) is 10.1. The summed E-state index contributed by atoms with van der Waals surface area (Å²) in [5.74, 6) is -0.177. The van der Waals surface area contributed by atoms with Crippen molar-refractivity contribution < 1.29 is 29.6 Å². The van der Waals surface area contributed by atoms with Crippen molar-refractivity contribution >= 4 is 11.9 Å². The molecule has 0 radical (unpaired) electrons. The molecule has 0 saturated heterocycles. The number of hydrogen-bond donors (Lipinski definition) is 3. The van der Waals surface area contributed by atoms with Crippen LogP contribution >= 0.6 is 0 Å². The number of esters is 1. The third-order valence-corrected chi connectivity index (χ3v) is 7.53.